The molecule has 24 heavy (non-hydrogen) atoms. The van der Waals surface area contributed by atoms with Crippen LogP contribution < -0.4 is 0 Å². The zero-order chi connectivity index (χ0) is 16.9. The van der Waals surface area contributed by atoms with Crippen molar-refractivity contribution in [3.63, 3.8) is 0 Å². The van der Waals surface area contributed by atoms with Crippen molar-refractivity contribution in [1.82, 2.24) is 4.90 Å². The van der Waals surface area contributed by atoms with E-state index in [1.54, 1.807) is 17.0 Å². The Hall–Kier alpha value is -3.13. The molecule has 5 nitrogen and oxygen atoms in total. The first-order valence-corrected chi connectivity index (χ1v) is 7.69. The van der Waals surface area contributed by atoms with Crippen molar-refractivity contribution in [2.45, 2.75) is 13.0 Å². The topological polar surface area (TPSA) is 70.4 Å². The van der Waals surface area contributed by atoms with E-state index in [1.165, 1.54) is 17.7 Å². The van der Waals surface area contributed by atoms with E-state index < -0.39 is 5.97 Å². The van der Waals surface area contributed by atoms with Gasteiger partial charge in [0.1, 0.15) is 0 Å². The van der Waals surface area contributed by atoms with Crippen molar-refractivity contribution >= 4 is 11.9 Å². The smallest absolute Gasteiger partial charge is 0.338 e. The van der Waals surface area contributed by atoms with Crippen LogP contribution in [0.15, 0.2) is 48.5 Å². The summed E-state index contributed by atoms with van der Waals surface area (Å²) < 4.78 is 5.09. The molecule has 120 valence electrons. The summed E-state index contributed by atoms with van der Waals surface area (Å²) >= 11 is 0. The Kier molecular flexibility index (Phi) is 4.57. The second kappa shape index (κ2) is 6.97. The van der Waals surface area contributed by atoms with Gasteiger partial charge < -0.3 is 9.64 Å². The van der Waals surface area contributed by atoms with Crippen molar-refractivity contribution in [3.05, 3.63) is 70.8 Å². The van der Waals surface area contributed by atoms with Gasteiger partial charge in [-0.3, -0.25) is 4.79 Å². The standard InChI is InChI=1S/C19H16N2O3/c20-11-14-5-7-16(8-6-14)19(23)24-13-18(22)21-10-9-15-3-1-2-4-17(15)12-21/h1-8H,9-10,12-13H2. The summed E-state index contributed by atoms with van der Waals surface area (Å²) in [5.41, 5.74) is 3.19. The Morgan fingerprint density at radius 1 is 1.08 bits per heavy atom. The van der Waals surface area contributed by atoms with Crippen molar-refractivity contribution in [3.8, 4) is 6.07 Å². The Morgan fingerprint density at radius 2 is 1.79 bits per heavy atom. The quantitative estimate of drug-likeness (QED) is 0.814. The molecule has 1 amide bonds. The minimum atomic E-state index is -0.565. The third-order valence-corrected chi connectivity index (χ3v) is 4.06. The molecule has 0 atom stereocenters. The molecule has 2 aromatic rings. The molecule has 0 aliphatic carbocycles. The van der Waals surface area contributed by atoms with Crippen LogP contribution in [0.25, 0.3) is 0 Å². The summed E-state index contributed by atoms with van der Waals surface area (Å²) in [6.07, 6.45) is 0.811. The molecule has 1 heterocycles. The number of benzene rings is 2. The van der Waals surface area contributed by atoms with E-state index >= 15 is 0 Å². The third-order valence-electron chi connectivity index (χ3n) is 4.06. The summed E-state index contributed by atoms with van der Waals surface area (Å²) in [6.45, 7) is 0.898. The minimum absolute atomic E-state index is 0.202. The maximum atomic E-state index is 12.2. The summed E-state index contributed by atoms with van der Waals surface area (Å²) in [4.78, 5) is 25.9. The maximum absolute atomic E-state index is 12.2. The first-order chi connectivity index (χ1) is 11.7. The first-order valence-electron chi connectivity index (χ1n) is 7.69. The van der Waals surface area contributed by atoms with Crippen LogP contribution in [0.1, 0.15) is 27.0 Å². The lowest BCUT2D eigenvalue weighted by atomic mass is 10.00. The summed E-state index contributed by atoms with van der Waals surface area (Å²) in [6, 6.07) is 16.1. The summed E-state index contributed by atoms with van der Waals surface area (Å²) in [7, 11) is 0. The minimum Gasteiger partial charge on any atom is -0.452 e. The Balaban J connectivity index is 1.56. The lowest BCUT2D eigenvalue weighted by Crippen LogP contribution is -2.38. The molecule has 1 aliphatic heterocycles. The number of carbonyl (C=O) groups excluding carboxylic acids is 2. The number of rotatable bonds is 3. The van der Waals surface area contributed by atoms with Crippen molar-refractivity contribution in [1.29, 1.82) is 5.26 Å². The molecule has 0 unspecified atom stereocenters. The molecule has 2 aromatic carbocycles. The highest BCUT2D eigenvalue weighted by atomic mass is 16.5. The monoisotopic (exact) mass is 320 g/mol. The van der Waals surface area contributed by atoms with Gasteiger partial charge in [-0.1, -0.05) is 24.3 Å². The second-order valence-corrected chi connectivity index (χ2v) is 5.60. The number of esters is 1. The zero-order valence-electron chi connectivity index (χ0n) is 13.1. The number of nitrogens with zero attached hydrogens (tertiary/aromatic N) is 2. The van der Waals surface area contributed by atoms with Crippen molar-refractivity contribution in [2.75, 3.05) is 13.2 Å². The van der Waals surface area contributed by atoms with Crippen molar-refractivity contribution in [2.24, 2.45) is 0 Å². The van der Waals surface area contributed by atoms with E-state index in [9.17, 15) is 9.59 Å². The molecule has 0 fully saturated rings. The molecule has 0 saturated heterocycles. The predicted molar refractivity (Wildman–Crippen MR) is 87.0 cm³/mol. The zero-order valence-corrected chi connectivity index (χ0v) is 13.1. The summed E-state index contributed by atoms with van der Waals surface area (Å²) in [5, 5.41) is 8.74. The van der Waals surface area contributed by atoms with Crippen molar-refractivity contribution < 1.29 is 14.3 Å². The van der Waals surface area contributed by atoms with Crippen LogP contribution in [0.2, 0.25) is 0 Å². The molecule has 5 heteroatoms. The van der Waals surface area contributed by atoms with Crippen LogP contribution in [-0.2, 0) is 22.5 Å². The number of carbonyl (C=O) groups is 2. The first kappa shape index (κ1) is 15.8. The highest BCUT2D eigenvalue weighted by molar-refractivity contribution is 5.91. The van der Waals surface area contributed by atoms with Crippen LogP contribution in [0.3, 0.4) is 0 Å². The van der Waals surface area contributed by atoms with Gasteiger partial charge in [0.15, 0.2) is 6.61 Å². The number of fused-ring (bicyclic) bond motifs is 1. The van der Waals surface area contributed by atoms with Gasteiger partial charge in [0.05, 0.1) is 17.2 Å². The average Bonchev–Trinajstić information content (AvgIpc) is 2.65. The van der Waals surface area contributed by atoms with Gasteiger partial charge in [0.25, 0.3) is 5.91 Å². The number of amides is 1. The fraction of sp³-hybridized carbons (Fsp3) is 0.211. The van der Waals surface area contributed by atoms with Gasteiger partial charge in [0, 0.05) is 13.1 Å². The second-order valence-electron chi connectivity index (χ2n) is 5.60. The van der Waals surface area contributed by atoms with Gasteiger partial charge in [-0.25, -0.2) is 4.79 Å². The van der Waals surface area contributed by atoms with Gasteiger partial charge in [-0.15, -0.1) is 0 Å². The fourth-order valence-corrected chi connectivity index (χ4v) is 2.69. The molecule has 0 bridgehead atoms. The highest BCUT2D eigenvalue weighted by Gasteiger charge is 2.21. The Morgan fingerprint density at radius 3 is 2.50 bits per heavy atom. The normalized spacial score (nSPS) is 12.9. The van der Waals surface area contributed by atoms with Gasteiger partial charge in [0.2, 0.25) is 0 Å². The number of ether oxygens (including phenoxy) is 1. The van der Waals surface area contributed by atoms with Crippen LogP contribution in [0.5, 0.6) is 0 Å². The van der Waals surface area contributed by atoms with Gasteiger partial charge >= 0.3 is 5.97 Å². The highest BCUT2D eigenvalue weighted by Crippen LogP contribution is 2.18. The molecule has 0 spiro atoms. The van der Waals surface area contributed by atoms with Gasteiger partial charge in [-0.05, 0) is 41.8 Å². The van der Waals surface area contributed by atoms with E-state index in [1.807, 2.05) is 24.3 Å². The number of hydrogen-bond acceptors (Lipinski definition) is 4. The maximum Gasteiger partial charge on any atom is 0.338 e. The van der Waals surface area contributed by atoms with E-state index in [2.05, 4.69) is 6.07 Å². The van der Waals surface area contributed by atoms with E-state index in [0.717, 1.165) is 12.0 Å². The molecular formula is C19H16N2O3. The SMILES string of the molecule is N#Cc1ccc(C(=O)OCC(=O)N2CCc3ccccc3C2)cc1. The lowest BCUT2D eigenvalue weighted by Gasteiger charge is -2.28. The van der Waals surface area contributed by atoms with Crippen LogP contribution in [0.4, 0.5) is 0 Å². The number of hydrogen-bond donors (Lipinski definition) is 0. The lowest BCUT2D eigenvalue weighted by molar-refractivity contribution is -0.135. The number of nitriles is 1. The Bertz CT molecular complexity index is 806. The van der Waals surface area contributed by atoms with E-state index in [4.69, 9.17) is 10.00 Å². The fourth-order valence-electron chi connectivity index (χ4n) is 2.69. The third kappa shape index (κ3) is 3.44. The molecule has 0 N–H and O–H groups in total. The van der Waals surface area contributed by atoms with E-state index in [-0.39, 0.29) is 12.5 Å². The molecule has 1 aliphatic rings. The van der Waals surface area contributed by atoms with Gasteiger partial charge in [-0.2, -0.15) is 5.26 Å². The average molecular weight is 320 g/mol. The van der Waals surface area contributed by atoms with Crippen LogP contribution in [0, 0.1) is 11.3 Å². The summed E-state index contributed by atoms with van der Waals surface area (Å²) in [5.74, 6) is -0.767. The molecule has 0 saturated carbocycles. The molecule has 0 radical (unpaired) electrons. The molecule has 3 rings (SSSR count). The van der Waals surface area contributed by atoms with E-state index in [0.29, 0.717) is 24.2 Å². The predicted octanol–water partition coefficient (Wildman–Crippen LogP) is 2.30. The Labute approximate surface area is 140 Å². The molecular weight excluding hydrogens is 304 g/mol. The van der Waals surface area contributed by atoms with Crippen LogP contribution >= 0.6 is 0 Å². The molecule has 0 aromatic heterocycles. The largest absolute Gasteiger partial charge is 0.452 e. The van der Waals surface area contributed by atoms with Crippen LogP contribution in [-0.4, -0.2) is 29.9 Å².